The average Bonchev–Trinajstić information content (AvgIpc) is 3.27. The number of ether oxygens (including phenoxy) is 1. The fraction of sp³-hybridized carbons (Fsp3) is 0.174. The Morgan fingerprint density at radius 3 is 2.41 bits per heavy atom. The average molecular weight is 383 g/mol. The molecular weight excluding hydrogens is 362 g/mol. The maximum atomic E-state index is 5.23. The summed E-state index contributed by atoms with van der Waals surface area (Å²) >= 11 is 0. The monoisotopic (exact) mass is 383 g/mol. The fourth-order valence-corrected chi connectivity index (χ4v) is 3.80. The number of benzene rings is 2. The minimum absolute atomic E-state index is 0.657. The Morgan fingerprint density at radius 1 is 0.931 bits per heavy atom. The molecule has 0 aliphatic rings. The van der Waals surface area contributed by atoms with Crippen LogP contribution in [-0.2, 0) is 6.42 Å². The second-order valence-electron chi connectivity index (χ2n) is 7.15. The molecule has 0 radical (unpaired) electrons. The molecule has 0 spiro atoms. The molecule has 0 N–H and O–H groups in total. The van der Waals surface area contributed by atoms with E-state index in [9.17, 15) is 0 Å². The number of para-hydroxylation sites is 1. The van der Waals surface area contributed by atoms with Gasteiger partial charge in [-0.25, -0.2) is 14.5 Å². The lowest BCUT2D eigenvalue weighted by molar-refractivity contribution is 0.414. The van der Waals surface area contributed by atoms with Crippen LogP contribution in [0.15, 0.2) is 60.9 Å². The molecule has 0 saturated heterocycles. The lowest BCUT2D eigenvalue weighted by Gasteiger charge is -2.07. The van der Waals surface area contributed by atoms with E-state index >= 15 is 0 Å². The molecule has 5 rings (SSSR count). The molecule has 0 saturated carbocycles. The van der Waals surface area contributed by atoms with E-state index in [1.54, 1.807) is 18.0 Å². The van der Waals surface area contributed by atoms with Gasteiger partial charge < -0.3 is 4.74 Å². The molecule has 0 bridgehead atoms. The van der Waals surface area contributed by atoms with Crippen LogP contribution in [0.25, 0.3) is 22.4 Å². The number of hydrogen-bond donors (Lipinski definition) is 0. The van der Waals surface area contributed by atoms with Crippen molar-refractivity contribution in [2.75, 3.05) is 7.11 Å². The van der Waals surface area contributed by atoms with Gasteiger partial charge in [0.2, 0.25) is 0 Å². The molecule has 0 aliphatic carbocycles. The Labute approximate surface area is 168 Å². The molecule has 0 amide bonds. The molecule has 6 heteroatoms. The number of hydrogen-bond acceptors (Lipinski definition) is 4. The summed E-state index contributed by atoms with van der Waals surface area (Å²) in [5, 5.41) is 5.70. The number of aromatic nitrogens is 5. The number of methoxy groups -OCH3 is 1. The van der Waals surface area contributed by atoms with Crippen molar-refractivity contribution in [3.8, 4) is 11.4 Å². The van der Waals surface area contributed by atoms with Gasteiger partial charge >= 0.3 is 0 Å². The molecule has 144 valence electrons. The van der Waals surface area contributed by atoms with Crippen LogP contribution in [0.3, 0.4) is 0 Å². The zero-order chi connectivity index (χ0) is 20.0. The molecule has 2 aromatic carbocycles. The van der Waals surface area contributed by atoms with Crippen LogP contribution in [0.5, 0.6) is 5.75 Å². The minimum Gasteiger partial charge on any atom is -0.497 e. The van der Waals surface area contributed by atoms with Crippen molar-refractivity contribution in [1.29, 1.82) is 0 Å². The molecule has 3 aromatic heterocycles. The number of aryl methyl sites for hydroxylation is 1. The van der Waals surface area contributed by atoms with Crippen LogP contribution in [0.1, 0.15) is 22.6 Å². The standard InChI is InChI=1S/C23H21N5O/c1-15-16(2)28(18-7-5-4-6-8-18)22-21(15)23-25-20(26-27(23)14-24-22)13-17-9-11-19(29-3)12-10-17/h4-12,14H,13H2,1-3H3. The number of fused-ring (bicyclic) bond motifs is 3. The van der Waals surface area contributed by atoms with E-state index in [2.05, 4.69) is 35.6 Å². The first-order valence-corrected chi connectivity index (χ1v) is 9.56. The van der Waals surface area contributed by atoms with Gasteiger partial charge in [0.15, 0.2) is 17.1 Å². The largest absolute Gasteiger partial charge is 0.497 e. The number of rotatable bonds is 4. The lowest BCUT2D eigenvalue weighted by Crippen LogP contribution is -1.99. The van der Waals surface area contributed by atoms with Crippen LogP contribution < -0.4 is 4.74 Å². The molecule has 0 aliphatic heterocycles. The Kier molecular flexibility index (Phi) is 4.05. The summed E-state index contributed by atoms with van der Waals surface area (Å²) in [5.41, 5.74) is 6.31. The zero-order valence-corrected chi connectivity index (χ0v) is 16.6. The van der Waals surface area contributed by atoms with E-state index in [1.165, 1.54) is 5.56 Å². The third kappa shape index (κ3) is 2.84. The van der Waals surface area contributed by atoms with Gasteiger partial charge in [0.05, 0.1) is 12.5 Å². The molecule has 0 unspecified atom stereocenters. The van der Waals surface area contributed by atoms with Crippen LogP contribution in [0.2, 0.25) is 0 Å². The van der Waals surface area contributed by atoms with E-state index < -0.39 is 0 Å². The van der Waals surface area contributed by atoms with Crippen molar-refractivity contribution in [3.63, 3.8) is 0 Å². The van der Waals surface area contributed by atoms with E-state index in [-0.39, 0.29) is 0 Å². The van der Waals surface area contributed by atoms with Gasteiger partial charge in [0.25, 0.3) is 0 Å². The van der Waals surface area contributed by atoms with Crippen molar-refractivity contribution in [3.05, 3.63) is 83.6 Å². The summed E-state index contributed by atoms with van der Waals surface area (Å²) in [4.78, 5) is 9.57. The summed E-state index contributed by atoms with van der Waals surface area (Å²) in [6.45, 7) is 4.24. The summed E-state index contributed by atoms with van der Waals surface area (Å²) in [6, 6.07) is 18.3. The van der Waals surface area contributed by atoms with Crippen LogP contribution in [0, 0.1) is 13.8 Å². The Morgan fingerprint density at radius 2 is 1.69 bits per heavy atom. The SMILES string of the molecule is COc1ccc(Cc2nc3c4c(C)c(C)n(-c5ccccc5)c4ncn3n2)cc1. The van der Waals surface area contributed by atoms with Gasteiger partial charge in [-0.1, -0.05) is 30.3 Å². The minimum atomic E-state index is 0.657. The van der Waals surface area contributed by atoms with Gasteiger partial charge in [-0.05, 0) is 49.2 Å². The second-order valence-corrected chi connectivity index (χ2v) is 7.15. The molecule has 29 heavy (non-hydrogen) atoms. The Hall–Kier alpha value is -3.67. The predicted molar refractivity (Wildman–Crippen MR) is 113 cm³/mol. The predicted octanol–water partition coefficient (Wildman–Crippen LogP) is 4.28. The normalized spacial score (nSPS) is 11.4. The molecular formula is C23H21N5O. The smallest absolute Gasteiger partial charge is 0.168 e. The highest BCUT2D eigenvalue weighted by Gasteiger charge is 2.18. The molecule has 0 atom stereocenters. The van der Waals surface area contributed by atoms with Crippen LogP contribution >= 0.6 is 0 Å². The van der Waals surface area contributed by atoms with Crippen LogP contribution in [0.4, 0.5) is 0 Å². The van der Waals surface area contributed by atoms with Gasteiger partial charge in [0, 0.05) is 17.8 Å². The fourth-order valence-electron chi connectivity index (χ4n) is 3.80. The van der Waals surface area contributed by atoms with Gasteiger partial charge in [0.1, 0.15) is 12.1 Å². The summed E-state index contributed by atoms with van der Waals surface area (Å²) in [5.74, 6) is 1.62. The first-order chi connectivity index (χ1) is 14.2. The van der Waals surface area contributed by atoms with E-state index in [0.29, 0.717) is 6.42 Å². The maximum absolute atomic E-state index is 5.23. The Bertz CT molecular complexity index is 1320. The van der Waals surface area contributed by atoms with E-state index in [4.69, 9.17) is 14.7 Å². The zero-order valence-electron chi connectivity index (χ0n) is 16.6. The number of nitrogens with zero attached hydrogens (tertiary/aromatic N) is 5. The summed E-state index contributed by atoms with van der Waals surface area (Å²) in [6.07, 6.45) is 2.41. The van der Waals surface area contributed by atoms with E-state index in [1.807, 2.05) is 42.5 Å². The third-order valence-corrected chi connectivity index (χ3v) is 5.41. The summed E-state index contributed by atoms with van der Waals surface area (Å²) in [7, 11) is 1.67. The van der Waals surface area contributed by atoms with Crippen molar-refractivity contribution < 1.29 is 4.74 Å². The Balaban J connectivity index is 1.63. The first-order valence-electron chi connectivity index (χ1n) is 9.56. The highest BCUT2D eigenvalue weighted by Crippen LogP contribution is 2.29. The topological polar surface area (TPSA) is 57.2 Å². The molecule has 6 nitrogen and oxygen atoms in total. The van der Waals surface area contributed by atoms with Crippen molar-refractivity contribution in [2.24, 2.45) is 0 Å². The third-order valence-electron chi connectivity index (χ3n) is 5.41. The quantitative estimate of drug-likeness (QED) is 0.465. The van der Waals surface area contributed by atoms with Gasteiger partial charge in [-0.3, -0.25) is 4.57 Å². The van der Waals surface area contributed by atoms with E-state index in [0.717, 1.165) is 45.2 Å². The highest BCUT2D eigenvalue weighted by atomic mass is 16.5. The first kappa shape index (κ1) is 17.4. The molecule has 0 fully saturated rings. The molecule has 3 heterocycles. The van der Waals surface area contributed by atoms with Crippen molar-refractivity contribution in [1.82, 2.24) is 24.1 Å². The van der Waals surface area contributed by atoms with Crippen LogP contribution in [-0.4, -0.2) is 31.3 Å². The van der Waals surface area contributed by atoms with Gasteiger partial charge in [-0.2, -0.15) is 0 Å². The van der Waals surface area contributed by atoms with Crippen molar-refractivity contribution >= 4 is 16.7 Å². The highest BCUT2D eigenvalue weighted by molar-refractivity contribution is 5.94. The lowest BCUT2D eigenvalue weighted by atomic mass is 10.1. The second kappa shape index (κ2) is 6.74. The summed E-state index contributed by atoms with van der Waals surface area (Å²) < 4.78 is 9.20. The molecule has 5 aromatic rings. The maximum Gasteiger partial charge on any atom is 0.168 e. The van der Waals surface area contributed by atoms with Gasteiger partial charge in [-0.15, -0.1) is 5.10 Å². The van der Waals surface area contributed by atoms with Crippen molar-refractivity contribution in [2.45, 2.75) is 20.3 Å².